The van der Waals surface area contributed by atoms with E-state index in [1.165, 1.54) is 0 Å². The van der Waals surface area contributed by atoms with E-state index in [1.54, 1.807) is 18.4 Å². The zero-order valence-electron chi connectivity index (χ0n) is 19.1. The van der Waals surface area contributed by atoms with Crippen molar-refractivity contribution in [2.24, 2.45) is 10.9 Å². The first-order chi connectivity index (χ1) is 14.7. The summed E-state index contributed by atoms with van der Waals surface area (Å²) in [7, 11) is -1.34. The van der Waals surface area contributed by atoms with Crippen LogP contribution in [-0.4, -0.2) is 51.2 Å². The van der Waals surface area contributed by atoms with Crippen LogP contribution >= 0.6 is 0 Å². The molecule has 0 aliphatic carbocycles. The first kappa shape index (κ1) is 25.0. The minimum Gasteiger partial charge on any atom is -0.493 e. The molecule has 8 heteroatoms. The van der Waals surface area contributed by atoms with Crippen molar-refractivity contribution in [2.75, 3.05) is 25.6 Å². The first-order valence-corrected chi connectivity index (χ1v) is 11.5. The average molecular weight is 448 g/mol. The van der Waals surface area contributed by atoms with Crippen LogP contribution in [0.4, 0.5) is 0 Å². The van der Waals surface area contributed by atoms with Crippen LogP contribution in [0.5, 0.6) is 0 Å². The van der Waals surface area contributed by atoms with E-state index in [-0.39, 0.29) is 11.7 Å². The van der Waals surface area contributed by atoms with E-state index in [4.69, 9.17) is 14.2 Å². The van der Waals surface area contributed by atoms with Gasteiger partial charge in [-0.05, 0) is 52.8 Å². The maximum absolute atomic E-state index is 12.6. The van der Waals surface area contributed by atoms with Gasteiger partial charge in [-0.1, -0.05) is 13.2 Å². The zero-order valence-corrected chi connectivity index (χ0v) is 19.9. The maximum Gasteiger partial charge on any atom is 0.197 e. The van der Waals surface area contributed by atoms with Crippen molar-refractivity contribution in [3.8, 4) is 0 Å². The van der Waals surface area contributed by atoms with Crippen molar-refractivity contribution >= 4 is 28.7 Å². The normalized spacial score (nSPS) is 19.2. The smallest absolute Gasteiger partial charge is 0.197 e. The Kier molecular flexibility index (Phi) is 9.15. The van der Waals surface area contributed by atoms with Crippen molar-refractivity contribution in [1.82, 2.24) is 9.97 Å². The number of hydrogen-bond acceptors (Lipinski definition) is 6. The highest BCUT2D eigenvalue weighted by Crippen LogP contribution is 2.22. The second-order valence-corrected chi connectivity index (χ2v) is 9.13. The minimum absolute atomic E-state index is 0.178. The third kappa shape index (κ3) is 7.41. The molecule has 1 atom stereocenters. The molecule has 1 aliphatic heterocycles. The molecule has 0 bridgehead atoms. The summed E-state index contributed by atoms with van der Waals surface area (Å²) in [5.41, 5.74) is 2.94. The van der Waals surface area contributed by atoms with Crippen LogP contribution in [0.25, 0.3) is 12.2 Å². The Morgan fingerprint density at radius 2 is 2.00 bits per heavy atom. The van der Waals surface area contributed by atoms with Gasteiger partial charge in [-0.25, -0.2) is 4.98 Å². The Balaban J connectivity index is 1.93. The Bertz CT molecular complexity index is 876. The van der Waals surface area contributed by atoms with Gasteiger partial charge in [-0.2, -0.15) is 0 Å². The van der Waals surface area contributed by atoms with Gasteiger partial charge in [-0.3, -0.25) is 9.20 Å². The van der Waals surface area contributed by atoms with Gasteiger partial charge in [0.05, 0.1) is 47.8 Å². The molecular formula is C23H33N3O4S. The van der Waals surface area contributed by atoms with Crippen LogP contribution in [0.3, 0.4) is 0 Å². The van der Waals surface area contributed by atoms with Gasteiger partial charge in [-0.15, -0.1) is 0 Å². The first-order valence-electron chi connectivity index (χ1n) is 10.2. The van der Waals surface area contributed by atoms with Crippen LogP contribution in [0.2, 0.25) is 0 Å². The predicted molar refractivity (Wildman–Crippen MR) is 126 cm³/mol. The molecule has 1 unspecified atom stereocenters. The number of hydrogen-bond donors (Lipinski definition) is 1. The Morgan fingerprint density at radius 1 is 1.32 bits per heavy atom. The fourth-order valence-electron chi connectivity index (χ4n) is 2.82. The molecule has 0 aromatic carbocycles. The van der Waals surface area contributed by atoms with Crippen molar-refractivity contribution in [3.63, 3.8) is 0 Å². The molecule has 31 heavy (non-hydrogen) atoms. The van der Waals surface area contributed by atoms with Crippen LogP contribution < -0.4 is 0 Å². The zero-order chi connectivity index (χ0) is 23.0. The molecule has 0 radical (unpaired) electrons. The number of rotatable bonds is 10. The fraction of sp³-hybridized carbons (Fsp3) is 0.478. The maximum atomic E-state index is 12.6. The van der Waals surface area contributed by atoms with Crippen LogP contribution in [-0.2, 0) is 25.0 Å². The highest BCUT2D eigenvalue weighted by Gasteiger charge is 2.28. The third-order valence-electron chi connectivity index (χ3n) is 4.63. The number of imidazole rings is 1. The van der Waals surface area contributed by atoms with E-state index in [2.05, 4.69) is 28.1 Å². The average Bonchev–Trinajstić information content (AvgIpc) is 3.17. The monoisotopic (exact) mass is 447 g/mol. The SMILES string of the molecule is C=Cc1nc(S(=O)CC(C)=N/C=C(C)\C(=C\C)OCC2COC(C)(C)OC2)[nH]c1C=C. The lowest BCUT2D eigenvalue weighted by Crippen LogP contribution is -2.40. The summed E-state index contributed by atoms with van der Waals surface area (Å²) >= 11 is 0. The summed E-state index contributed by atoms with van der Waals surface area (Å²) in [4.78, 5) is 11.8. The summed E-state index contributed by atoms with van der Waals surface area (Å²) in [5.74, 6) is 0.666. The molecule has 1 aromatic heterocycles. The molecule has 2 rings (SSSR count). The van der Waals surface area contributed by atoms with Gasteiger partial charge in [0.1, 0.15) is 5.76 Å². The molecule has 1 aliphatic rings. The van der Waals surface area contributed by atoms with Crippen molar-refractivity contribution in [3.05, 3.63) is 48.2 Å². The molecule has 170 valence electrons. The number of aromatic nitrogens is 2. The van der Waals surface area contributed by atoms with Crippen molar-refractivity contribution < 1.29 is 18.4 Å². The van der Waals surface area contributed by atoms with E-state index in [0.29, 0.717) is 36.4 Å². The molecule has 0 saturated carbocycles. The van der Waals surface area contributed by atoms with Crippen molar-refractivity contribution in [1.29, 1.82) is 0 Å². The second-order valence-electron chi connectivity index (χ2n) is 7.77. The molecule has 2 heterocycles. The summed E-state index contributed by atoms with van der Waals surface area (Å²) in [6.07, 6.45) is 6.86. The summed E-state index contributed by atoms with van der Waals surface area (Å²) in [5, 5.41) is 0.387. The van der Waals surface area contributed by atoms with Crippen LogP contribution in [0, 0.1) is 5.92 Å². The van der Waals surface area contributed by atoms with E-state index >= 15 is 0 Å². The highest BCUT2D eigenvalue weighted by molar-refractivity contribution is 7.85. The number of nitrogens with zero attached hydrogens (tertiary/aromatic N) is 2. The van der Waals surface area contributed by atoms with Crippen LogP contribution in [0.1, 0.15) is 46.0 Å². The van der Waals surface area contributed by atoms with Gasteiger partial charge < -0.3 is 19.2 Å². The number of aliphatic imine (C=N–C) groups is 1. The lowest BCUT2D eigenvalue weighted by atomic mass is 10.1. The highest BCUT2D eigenvalue weighted by atomic mass is 32.2. The molecular weight excluding hydrogens is 414 g/mol. The van der Waals surface area contributed by atoms with E-state index < -0.39 is 16.6 Å². The summed E-state index contributed by atoms with van der Waals surface area (Å²) in [6.45, 7) is 18.6. The Labute approximate surface area is 187 Å². The molecule has 1 aromatic rings. The summed E-state index contributed by atoms with van der Waals surface area (Å²) in [6, 6.07) is 0. The number of aromatic amines is 1. The van der Waals surface area contributed by atoms with E-state index in [0.717, 1.165) is 17.0 Å². The van der Waals surface area contributed by atoms with E-state index in [1.807, 2.05) is 40.7 Å². The molecule has 0 amide bonds. The lowest BCUT2D eigenvalue weighted by molar-refractivity contribution is -0.265. The van der Waals surface area contributed by atoms with Crippen LogP contribution in [0.15, 0.2) is 46.9 Å². The standard InChI is InChI=1S/C23H33N3O4S/c1-8-19-20(9-2)26-22(25-19)31(27)15-17(5)24-11-16(4)21(10-3)28-12-18-13-29-23(6,7)30-14-18/h8-11,18H,1-2,12-15H2,3-7H3,(H,25,26)/b16-11-,21-10-,24-17?. The van der Waals surface area contributed by atoms with E-state index in [9.17, 15) is 4.21 Å². The number of allylic oxidation sites excluding steroid dienone is 2. The third-order valence-corrected chi connectivity index (χ3v) is 5.93. The molecule has 1 saturated heterocycles. The fourth-order valence-corrected chi connectivity index (χ4v) is 3.83. The van der Waals surface area contributed by atoms with Gasteiger partial charge in [0.2, 0.25) is 0 Å². The predicted octanol–water partition coefficient (Wildman–Crippen LogP) is 4.49. The lowest BCUT2D eigenvalue weighted by Gasteiger charge is -2.34. The van der Waals surface area contributed by atoms with Gasteiger partial charge >= 0.3 is 0 Å². The second kappa shape index (κ2) is 11.4. The van der Waals surface area contributed by atoms with Gasteiger partial charge in [0.15, 0.2) is 10.9 Å². The van der Waals surface area contributed by atoms with Gasteiger partial charge in [0, 0.05) is 23.4 Å². The summed E-state index contributed by atoms with van der Waals surface area (Å²) < 4.78 is 29.9. The molecule has 1 fully saturated rings. The van der Waals surface area contributed by atoms with Gasteiger partial charge in [0.25, 0.3) is 0 Å². The Hall–Kier alpha value is -2.29. The largest absolute Gasteiger partial charge is 0.493 e. The molecule has 7 nitrogen and oxygen atoms in total. The minimum atomic E-state index is -1.34. The number of nitrogens with one attached hydrogen (secondary N) is 1. The quantitative estimate of drug-likeness (QED) is 0.324. The topological polar surface area (TPSA) is 85.8 Å². The number of ether oxygens (including phenoxy) is 3. The Morgan fingerprint density at radius 3 is 2.55 bits per heavy atom. The number of H-pyrrole nitrogens is 1. The molecule has 1 N–H and O–H groups in total. The van der Waals surface area contributed by atoms with Crippen molar-refractivity contribution in [2.45, 2.75) is 45.6 Å². The molecule has 0 spiro atoms.